The molecule has 4 heteroatoms. The lowest BCUT2D eigenvalue weighted by atomic mass is 10.0. The molecule has 2 rings (SSSR count). The lowest BCUT2D eigenvalue weighted by Crippen LogP contribution is -2.08. The molecule has 0 saturated carbocycles. The monoisotopic (exact) mass is 273 g/mol. The van der Waals surface area contributed by atoms with E-state index in [9.17, 15) is 5.11 Å². The molecule has 0 aliphatic rings. The lowest BCUT2D eigenvalue weighted by molar-refractivity contribution is 0.142. The van der Waals surface area contributed by atoms with Crippen LogP contribution in [0.3, 0.4) is 0 Å². The average Bonchev–Trinajstić information content (AvgIpc) is 2.47. The summed E-state index contributed by atoms with van der Waals surface area (Å²) in [5.74, 6) is 0.652. The number of para-hydroxylation sites is 1. The zero-order valence-electron chi connectivity index (χ0n) is 11.5. The predicted octanol–water partition coefficient (Wildman–Crippen LogP) is 2.38. The first-order valence-corrected chi connectivity index (χ1v) is 6.46. The van der Waals surface area contributed by atoms with E-state index in [2.05, 4.69) is 0 Å². The minimum absolute atomic E-state index is 0.442. The summed E-state index contributed by atoms with van der Waals surface area (Å²) >= 11 is 0. The van der Waals surface area contributed by atoms with Crippen LogP contribution in [-0.4, -0.2) is 25.4 Å². The van der Waals surface area contributed by atoms with Gasteiger partial charge in [-0.05, 0) is 23.8 Å². The Balaban J connectivity index is 2.23. The van der Waals surface area contributed by atoms with Crippen LogP contribution in [0.5, 0.6) is 5.75 Å². The van der Waals surface area contributed by atoms with E-state index >= 15 is 0 Å². The van der Waals surface area contributed by atoms with E-state index in [-0.39, 0.29) is 0 Å². The highest BCUT2D eigenvalue weighted by Crippen LogP contribution is 2.30. The van der Waals surface area contributed by atoms with Crippen molar-refractivity contribution in [3.63, 3.8) is 0 Å². The Labute approximate surface area is 118 Å². The number of aliphatic hydroxyl groups excluding tert-OH is 1. The van der Waals surface area contributed by atoms with E-state index in [1.165, 1.54) is 0 Å². The van der Waals surface area contributed by atoms with Crippen molar-refractivity contribution in [1.82, 2.24) is 0 Å². The Morgan fingerprint density at radius 3 is 2.65 bits per heavy atom. The molecule has 0 aliphatic carbocycles. The fourth-order valence-corrected chi connectivity index (χ4v) is 1.98. The third-order valence-corrected chi connectivity index (χ3v) is 2.99. The van der Waals surface area contributed by atoms with Gasteiger partial charge in [0.1, 0.15) is 18.5 Å². The number of hydrogen-bond acceptors (Lipinski definition) is 4. The van der Waals surface area contributed by atoms with Gasteiger partial charge in [0.05, 0.1) is 6.61 Å². The maximum absolute atomic E-state index is 10.5. The zero-order chi connectivity index (χ0) is 14.4. The predicted molar refractivity (Wildman–Crippen MR) is 78.7 cm³/mol. The number of nitrogens with two attached hydrogens (primary N) is 1. The number of nitrogen functional groups attached to an aromatic ring is 1. The van der Waals surface area contributed by atoms with E-state index in [4.69, 9.17) is 15.2 Å². The molecule has 0 bridgehead atoms. The fourth-order valence-electron chi connectivity index (χ4n) is 1.98. The maximum atomic E-state index is 10.5. The molecule has 0 spiro atoms. The number of ether oxygens (including phenoxy) is 2. The van der Waals surface area contributed by atoms with Crippen molar-refractivity contribution in [2.75, 3.05) is 26.1 Å². The largest absolute Gasteiger partial charge is 0.491 e. The number of rotatable bonds is 6. The van der Waals surface area contributed by atoms with E-state index in [1.807, 2.05) is 36.4 Å². The molecule has 0 radical (unpaired) electrons. The molecule has 20 heavy (non-hydrogen) atoms. The summed E-state index contributed by atoms with van der Waals surface area (Å²) in [7, 11) is 1.62. The maximum Gasteiger partial charge on any atom is 0.125 e. The third kappa shape index (κ3) is 3.50. The first kappa shape index (κ1) is 14.4. The Bertz CT molecular complexity index is 557. The Morgan fingerprint density at radius 1 is 1.10 bits per heavy atom. The molecule has 106 valence electrons. The molecular formula is C16H19NO3. The van der Waals surface area contributed by atoms with Crippen molar-refractivity contribution >= 4 is 5.69 Å². The van der Waals surface area contributed by atoms with Gasteiger partial charge in [0.15, 0.2) is 0 Å². The third-order valence-electron chi connectivity index (χ3n) is 2.99. The lowest BCUT2D eigenvalue weighted by Gasteiger charge is -2.16. The van der Waals surface area contributed by atoms with E-state index in [0.717, 1.165) is 5.56 Å². The average molecular weight is 273 g/mol. The molecule has 2 aromatic carbocycles. The highest BCUT2D eigenvalue weighted by molar-refractivity contribution is 5.46. The second kappa shape index (κ2) is 6.93. The normalized spacial score (nSPS) is 12.1. The summed E-state index contributed by atoms with van der Waals surface area (Å²) < 4.78 is 10.6. The number of benzene rings is 2. The molecule has 1 atom stereocenters. The van der Waals surface area contributed by atoms with E-state index in [1.54, 1.807) is 19.2 Å². The molecule has 0 amide bonds. The summed E-state index contributed by atoms with van der Waals surface area (Å²) in [5, 5.41) is 10.5. The molecule has 0 fully saturated rings. The van der Waals surface area contributed by atoms with Gasteiger partial charge in [0.25, 0.3) is 0 Å². The van der Waals surface area contributed by atoms with E-state index < -0.39 is 6.10 Å². The van der Waals surface area contributed by atoms with Crippen molar-refractivity contribution in [1.29, 1.82) is 0 Å². The van der Waals surface area contributed by atoms with Crippen molar-refractivity contribution in [3.05, 3.63) is 59.7 Å². The number of hydrogen-bond donors (Lipinski definition) is 2. The molecule has 0 aliphatic heterocycles. The molecular weight excluding hydrogens is 254 g/mol. The van der Waals surface area contributed by atoms with Gasteiger partial charge in [0, 0.05) is 18.4 Å². The van der Waals surface area contributed by atoms with Crippen molar-refractivity contribution in [3.8, 4) is 5.75 Å². The zero-order valence-corrected chi connectivity index (χ0v) is 11.5. The van der Waals surface area contributed by atoms with Gasteiger partial charge in [-0.3, -0.25) is 0 Å². The van der Waals surface area contributed by atoms with Crippen LogP contribution in [0.4, 0.5) is 5.69 Å². The first-order valence-electron chi connectivity index (χ1n) is 6.46. The van der Waals surface area contributed by atoms with Gasteiger partial charge in [-0.2, -0.15) is 0 Å². The van der Waals surface area contributed by atoms with Crippen molar-refractivity contribution < 1.29 is 14.6 Å². The smallest absolute Gasteiger partial charge is 0.125 e. The SMILES string of the molecule is COCCOc1ccccc1C(O)c1cccc(N)c1. The highest BCUT2D eigenvalue weighted by atomic mass is 16.5. The highest BCUT2D eigenvalue weighted by Gasteiger charge is 2.15. The van der Waals surface area contributed by atoms with Gasteiger partial charge in [-0.15, -0.1) is 0 Å². The Morgan fingerprint density at radius 2 is 1.90 bits per heavy atom. The molecule has 0 saturated heterocycles. The topological polar surface area (TPSA) is 64.7 Å². The van der Waals surface area contributed by atoms with Gasteiger partial charge in [-0.25, -0.2) is 0 Å². The molecule has 1 unspecified atom stereocenters. The van der Waals surface area contributed by atoms with Crippen LogP contribution < -0.4 is 10.5 Å². The second-order valence-electron chi connectivity index (χ2n) is 4.45. The summed E-state index contributed by atoms with van der Waals surface area (Å²) in [6.07, 6.45) is -0.766. The summed E-state index contributed by atoms with van der Waals surface area (Å²) in [4.78, 5) is 0. The molecule has 3 N–H and O–H groups in total. The van der Waals surface area contributed by atoms with Crippen molar-refractivity contribution in [2.45, 2.75) is 6.10 Å². The van der Waals surface area contributed by atoms with Crippen LogP contribution in [0.1, 0.15) is 17.2 Å². The van der Waals surface area contributed by atoms with Crippen LogP contribution in [-0.2, 0) is 4.74 Å². The van der Waals surface area contributed by atoms with Crippen LogP contribution in [0.25, 0.3) is 0 Å². The Hall–Kier alpha value is -2.04. The van der Waals surface area contributed by atoms with Crippen LogP contribution in [0.2, 0.25) is 0 Å². The summed E-state index contributed by atoms with van der Waals surface area (Å²) in [6, 6.07) is 14.6. The minimum Gasteiger partial charge on any atom is -0.491 e. The Kier molecular flexibility index (Phi) is 4.98. The van der Waals surface area contributed by atoms with Gasteiger partial charge < -0.3 is 20.3 Å². The van der Waals surface area contributed by atoms with Gasteiger partial charge in [0.2, 0.25) is 0 Å². The van der Waals surface area contributed by atoms with Crippen LogP contribution in [0, 0.1) is 0 Å². The van der Waals surface area contributed by atoms with Gasteiger partial charge >= 0.3 is 0 Å². The molecule has 2 aromatic rings. The number of methoxy groups -OCH3 is 1. The summed E-state index contributed by atoms with van der Waals surface area (Å²) in [6.45, 7) is 0.944. The van der Waals surface area contributed by atoms with Crippen molar-refractivity contribution in [2.24, 2.45) is 0 Å². The van der Waals surface area contributed by atoms with Crippen LogP contribution >= 0.6 is 0 Å². The second-order valence-corrected chi connectivity index (χ2v) is 4.45. The fraction of sp³-hybridized carbons (Fsp3) is 0.250. The quantitative estimate of drug-likeness (QED) is 0.626. The molecule has 0 aromatic heterocycles. The standard InChI is InChI=1S/C16H19NO3/c1-19-9-10-20-15-8-3-2-7-14(15)16(18)12-5-4-6-13(17)11-12/h2-8,11,16,18H,9-10,17H2,1H3. The summed E-state index contributed by atoms with van der Waals surface area (Å²) in [5.41, 5.74) is 7.84. The minimum atomic E-state index is -0.766. The van der Waals surface area contributed by atoms with Gasteiger partial charge in [-0.1, -0.05) is 30.3 Å². The number of anilines is 1. The molecule has 0 heterocycles. The number of aliphatic hydroxyl groups is 1. The van der Waals surface area contributed by atoms with Crippen LogP contribution in [0.15, 0.2) is 48.5 Å². The first-order chi connectivity index (χ1) is 9.72. The molecule has 4 nitrogen and oxygen atoms in total. The van der Waals surface area contributed by atoms with E-state index in [0.29, 0.717) is 30.2 Å².